The Morgan fingerprint density at radius 1 is 1.67 bits per heavy atom. The summed E-state index contributed by atoms with van der Waals surface area (Å²) >= 11 is 0. The maximum Gasteiger partial charge on any atom is 0.341 e. The minimum Gasteiger partial charge on any atom is -0.478 e. The lowest BCUT2D eigenvalue weighted by Gasteiger charge is -2.30. The number of nitrogens with zero attached hydrogens (tertiary/aromatic N) is 2. The first kappa shape index (κ1) is 10.2. The Morgan fingerprint density at radius 2 is 2.47 bits per heavy atom. The van der Waals surface area contributed by atoms with Crippen molar-refractivity contribution in [2.45, 2.75) is 25.3 Å². The average molecular weight is 210 g/mol. The number of hydrogen-bond donors (Lipinski definition) is 1. The largest absolute Gasteiger partial charge is 0.478 e. The molecular weight excluding hydrogens is 196 g/mol. The maximum absolute atomic E-state index is 10.9. The van der Waals surface area contributed by atoms with Gasteiger partial charge in [-0.2, -0.15) is 0 Å². The Kier molecular flexibility index (Phi) is 2.73. The highest BCUT2D eigenvalue weighted by molar-refractivity contribution is 5.88. The van der Waals surface area contributed by atoms with Crippen molar-refractivity contribution in [1.29, 1.82) is 0 Å². The predicted molar refractivity (Wildman–Crippen MR) is 52.7 cm³/mol. The van der Waals surface area contributed by atoms with Gasteiger partial charge in [-0.1, -0.05) is 11.6 Å². The van der Waals surface area contributed by atoms with E-state index in [-0.39, 0.29) is 11.6 Å². The Bertz CT molecular complexity index is 361. The van der Waals surface area contributed by atoms with Crippen molar-refractivity contribution in [3.05, 3.63) is 17.5 Å². The first-order valence-electron chi connectivity index (χ1n) is 5.08. The second-order valence-corrected chi connectivity index (χ2v) is 3.90. The third-order valence-electron chi connectivity index (χ3n) is 2.90. The summed E-state index contributed by atoms with van der Waals surface area (Å²) in [5.74, 6) is -0.477. The van der Waals surface area contributed by atoms with Crippen molar-refractivity contribution in [3.63, 3.8) is 0 Å². The molecule has 0 aliphatic carbocycles. The molecule has 1 fully saturated rings. The van der Waals surface area contributed by atoms with Crippen molar-refractivity contribution in [1.82, 2.24) is 10.1 Å². The number of rotatable bonds is 2. The van der Waals surface area contributed by atoms with Gasteiger partial charge in [-0.25, -0.2) is 4.79 Å². The van der Waals surface area contributed by atoms with Crippen molar-refractivity contribution >= 4 is 5.97 Å². The maximum atomic E-state index is 10.9. The molecule has 1 aliphatic rings. The minimum atomic E-state index is -0.967. The summed E-state index contributed by atoms with van der Waals surface area (Å²) in [6, 6.07) is 0.0624. The fourth-order valence-corrected chi connectivity index (χ4v) is 2.06. The third kappa shape index (κ3) is 1.87. The Morgan fingerprint density at radius 3 is 3.13 bits per heavy atom. The second-order valence-electron chi connectivity index (χ2n) is 3.90. The molecule has 1 aliphatic heterocycles. The highest BCUT2D eigenvalue weighted by Crippen LogP contribution is 2.31. The van der Waals surface area contributed by atoms with E-state index in [4.69, 9.17) is 9.63 Å². The number of hydrogen-bond acceptors (Lipinski definition) is 4. The van der Waals surface area contributed by atoms with E-state index in [1.807, 2.05) is 7.05 Å². The molecule has 15 heavy (non-hydrogen) atoms. The minimum absolute atomic E-state index is 0.0624. The number of aromatic carboxylic acids is 1. The van der Waals surface area contributed by atoms with Crippen LogP contribution in [0.1, 0.15) is 41.4 Å². The first-order valence-corrected chi connectivity index (χ1v) is 5.08. The van der Waals surface area contributed by atoms with Gasteiger partial charge in [0.25, 0.3) is 0 Å². The van der Waals surface area contributed by atoms with Crippen molar-refractivity contribution in [2.24, 2.45) is 0 Å². The van der Waals surface area contributed by atoms with Gasteiger partial charge >= 0.3 is 5.97 Å². The van der Waals surface area contributed by atoms with Gasteiger partial charge in [0.2, 0.25) is 0 Å². The molecular formula is C10H14N2O3. The van der Waals surface area contributed by atoms with Gasteiger partial charge in [0.05, 0.1) is 12.2 Å². The van der Waals surface area contributed by atoms with Gasteiger partial charge in [-0.05, 0) is 26.4 Å². The number of carboxylic acid groups (broad SMARTS) is 1. The van der Waals surface area contributed by atoms with Crippen LogP contribution in [-0.2, 0) is 0 Å². The molecule has 2 rings (SSSR count). The number of aromatic nitrogens is 1. The average Bonchev–Trinajstić information content (AvgIpc) is 2.67. The standard InChI is InChI=1S/C10H14N2O3/c1-12-5-3-2-4-8(12)9-7(10(13)14)6-11-15-9/h6,8H,2-5H2,1H3,(H,13,14). The summed E-state index contributed by atoms with van der Waals surface area (Å²) in [5, 5.41) is 12.5. The molecule has 1 aromatic heterocycles. The summed E-state index contributed by atoms with van der Waals surface area (Å²) in [6.45, 7) is 0.977. The van der Waals surface area contributed by atoms with Crippen LogP contribution < -0.4 is 0 Å². The van der Waals surface area contributed by atoms with Crippen molar-refractivity contribution in [3.8, 4) is 0 Å². The third-order valence-corrected chi connectivity index (χ3v) is 2.90. The van der Waals surface area contributed by atoms with Crippen LogP contribution in [0, 0.1) is 0 Å². The molecule has 0 radical (unpaired) electrons. The topological polar surface area (TPSA) is 66.6 Å². The molecule has 5 nitrogen and oxygen atoms in total. The van der Waals surface area contributed by atoms with E-state index in [1.54, 1.807) is 0 Å². The fraction of sp³-hybridized carbons (Fsp3) is 0.600. The summed E-state index contributed by atoms with van der Waals surface area (Å²) in [4.78, 5) is 13.0. The zero-order chi connectivity index (χ0) is 10.8. The molecule has 0 bridgehead atoms. The number of likely N-dealkylation sites (tertiary alicyclic amines) is 1. The number of carboxylic acids is 1. The van der Waals surface area contributed by atoms with Crippen LogP contribution in [0.15, 0.2) is 10.7 Å². The molecule has 1 aromatic rings. The Balaban J connectivity index is 2.27. The first-order chi connectivity index (χ1) is 7.20. The Labute approximate surface area is 87.7 Å². The second kappa shape index (κ2) is 4.02. The molecule has 0 saturated carbocycles. The van der Waals surface area contributed by atoms with E-state index in [0.29, 0.717) is 5.76 Å². The predicted octanol–water partition coefficient (Wildman–Crippen LogP) is 1.53. The van der Waals surface area contributed by atoms with Gasteiger partial charge in [-0.15, -0.1) is 0 Å². The summed E-state index contributed by atoms with van der Waals surface area (Å²) in [6.07, 6.45) is 4.48. The highest BCUT2D eigenvalue weighted by Gasteiger charge is 2.28. The van der Waals surface area contributed by atoms with Crippen molar-refractivity contribution in [2.75, 3.05) is 13.6 Å². The normalized spacial score (nSPS) is 22.9. The van der Waals surface area contributed by atoms with E-state index in [1.165, 1.54) is 6.20 Å². The molecule has 0 amide bonds. The van der Waals surface area contributed by atoms with Crippen LogP contribution in [0.4, 0.5) is 0 Å². The monoisotopic (exact) mass is 210 g/mol. The van der Waals surface area contributed by atoms with Crippen LogP contribution in [0.5, 0.6) is 0 Å². The van der Waals surface area contributed by atoms with Crippen LogP contribution in [0.2, 0.25) is 0 Å². The lowest BCUT2D eigenvalue weighted by molar-refractivity contribution is 0.0687. The van der Waals surface area contributed by atoms with Gasteiger partial charge in [0.1, 0.15) is 5.56 Å². The van der Waals surface area contributed by atoms with Crippen LogP contribution in [-0.4, -0.2) is 34.7 Å². The van der Waals surface area contributed by atoms with Crippen LogP contribution >= 0.6 is 0 Å². The molecule has 0 spiro atoms. The molecule has 1 atom stereocenters. The van der Waals surface area contributed by atoms with Crippen molar-refractivity contribution < 1.29 is 14.4 Å². The summed E-state index contributed by atoms with van der Waals surface area (Å²) in [7, 11) is 1.98. The molecule has 1 saturated heterocycles. The SMILES string of the molecule is CN1CCCCC1c1oncc1C(=O)O. The van der Waals surface area contributed by atoms with E-state index >= 15 is 0 Å². The smallest absolute Gasteiger partial charge is 0.341 e. The van der Waals surface area contributed by atoms with Gasteiger partial charge in [0.15, 0.2) is 5.76 Å². The Hall–Kier alpha value is -1.36. The lowest BCUT2D eigenvalue weighted by atomic mass is 9.98. The summed E-state index contributed by atoms with van der Waals surface area (Å²) < 4.78 is 5.06. The van der Waals surface area contributed by atoms with Gasteiger partial charge in [0, 0.05) is 0 Å². The van der Waals surface area contributed by atoms with E-state index in [2.05, 4.69) is 10.1 Å². The molecule has 2 heterocycles. The molecule has 1 unspecified atom stereocenters. The summed E-state index contributed by atoms with van der Waals surface area (Å²) in [5.41, 5.74) is 0.189. The van der Waals surface area contributed by atoms with E-state index < -0.39 is 5.97 Å². The molecule has 0 aromatic carbocycles. The highest BCUT2D eigenvalue weighted by atomic mass is 16.5. The van der Waals surface area contributed by atoms with Crippen LogP contribution in [0.3, 0.4) is 0 Å². The van der Waals surface area contributed by atoms with Crippen LogP contribution in [0.25, 0.3) is 0 Å². The van der Waals surface area contributed by atoms with Gasteiger partial charge in [-0.3, -0.25) is 4.90 Å². The number of carbonyl (C=O) groups is 1. The zero-order valence-electron chi connectivity index (χ0n) is 8.64. The lowest BCUT2D eigenvalue weighted by Crippen LogP contribution is -2.30. The van der Waals surface area contributed by atoms with Gasteiger partial charge < -0.3 is 9.63 Å². The zero-order valence-corrected chi connectivity index (χ0v) is 8.64. The fourth-order valence-electron chi connectivity index (χ4n) is 2.06. The van der Waals surface area contributed by atoms with E-state index in [9.17, 15) is 4.79 Å². The quantitative estimate of drug-likeness (QED) is 0.801. The van der Waals surface area contributed by atoms with E-state index in [0.717, 1.165) is 25.8 Å². The number of piperidine rings is 1. The molecule has 1 N–H and O–H groups in total. The molecule has 5 heteroatoms. The molecule has 82 valence electrons.